The van der Waals surface area contributed by atoms with Gasteiger partial charge in [-0.3, -0.25) is 0 Å². The summed E-state index contributed by atoms with van der Waals surface area (Å²) in [4.78, 5) is 10.5. The van der Waals surface area contributed by atoms with Crippen molar-refractivity contribution in [1.82, 2.24) is 0 Å². The minimum absolute atomic E-state index is 0.0113. The minimum atomic E-state index is -0.502. The van der Waals surface area contributed by atoms with Crippen molar-refractivity contribution in [2.75, 3.05) is 6.61 Å². The van der Waals surface area contributed by atoms with Gasteiger partial charge in [-0.1, -0.05) is 5.92 Å². The van der Waals surface area contributed by atoms with Crippen LogP contribution in [0.1, 0.15) is 6.92 Å². The summed E-state index contributed by atoms with van der Waals surface area (Å²) >= 11 is 0. The Kier molecular flexibility index (Phi) is 3.81. The lowest BCUT2D eigenvalue weighted by Gasteiger charge is -1.94. The summed E-state index contributed by atoms with van der Waals surface area (Å²) in [7, 11) is 0. The van der Waals surface area contributed by atoms with Crippen LogP contribution in [-0.4, -0.2) is 12.6 Å². The average Bonchev–Trinajstić information content (AvgIpc) is 1.82. The molecule has 10 heavy (non-hydrogen) atoms. The predicted octanol–water partition coefficient (Wildman–Crippen LogP) is 0.0253. The van der Waals surface area contributed by atoms with Crippen molar-refractivity contribution in [3.05, 3.63) is 11.8 Å². The van der Waals surface area contributed by atoms with Crippen LogP contribution in [0, 0.1) is 12.3 Å². The Labute approximate surface area is 59.9 Å². The fraction of sp³-hybridized carbons (Fsp3) is 0.286. The van der Waals surface area contributed by atoms with E-state index in [1.165, 1.54) is 6.08 Å². The van der Waals surface area contributed by atoms with Gasteiger partial charge in [0.05, 0.1) is 0 Å². The van der Waals surface area contributed by atoms with Gasteiger partial charge in [-0.15, -0.1) is 6.42 Å². The maximum absolute atomic E-state index is 10.5. The van der Waals surface area contributed by atoms with E-state index in [1.54, 1.807) is 6.92 Å². The molecule has 0 aromatic carbocycles. The van der Waals surface area contributed by atoms with Crippen LogP contribution >= 0.6 is 0 Å². The van der Waals surface area contributed by atoms with E-state index in [-0.39, 0.29) is 6.61 Å². The topological polar surface area (TPSA) is 52.3 Å². The monoisotopic (exact) mass is 139 g/mol. The van der Waals surface area contributed by atoms with E-state index in [1.807, 2.05) is 0 Å². The fourth-order valence-corrected chi connectivity index (χ4v) is 0.340. The standard InChI is InChI=1S/C7H9NO2/c1-3-4-10-7(9)5-6(2)8/h1,5H,4,8H2,2H3. The molecule has 0 atom stereocenters. The Balaban J connectivity index is 3.68. The molecule has 0 radical (unpaired) electrons. The van der Waals surface area contributed by atoms with Gasteiger partial charge in [-0.05, 0) is 6.92 Å². The molecule has 0 aromatic heterocycles. The Hall–Kier alpha value is -1.43. The number of terminal acetylenes is 1. The smallest absolute Gasteiger partial charge is 0.333 e. The van der Waals surface area contributed by atoms with Gasteiger partial charge in [0.1, 0.15) is 0 Å². The van der Waals surface area contributed by atoms with Crippen molar-refractivity contribution in [1.29, 1.82) is 0 Å². The van der Waals surface area contributed by atoms with Crippen molar-refractivity contribution in [3.63, 3.8) is 0 Å². The second kappa shape index (κ2) is 4.45. The Bertz CT molecular complexity index is 184. The Morgan fingerprint density at radius 1 is 1.90 bits per heavy atom. The van der Waals surface area contributed by atoms with Gasteiger partial charge in [0, 0.05) is 11.8 Å². The molecule has 2 N–H and O–H groups in total. The first-order valence-electron chi connectivity index (χ1n) is 2.71. The second-order valence-electron chi connectivity index (χ2n) is 1.70. The molecule has 54 valence electrons. The third-order valence-electron chi connectivity index (χ3n) is 0.643. The van der Waals surface area contributed by atoms with Crippen LogP contribution in [0.25, 0.3) is 0 Å². The molecule has 0 fully saturated rings. The van der Waals surface area contributed by atoms with Gasteiger partial charge in [-0.2, -0.15) is 0 Å². The fourth-order valence-electron chi connectivity index (χ4n) is 0.340. The first kappa shape index (κ1) is 8.57. The summed E-state index contributed by atoms with van der Waals surface area (Å²) in [5, 5.41) is 0. The number of hydrogen-bond acceptors (Lipinski definition) is 3. The van der Waals surface area contributed by atoms with E-state index in [2.05, 4.69) is 10.7 Å². The lowest BCUT2D eigenvalue weighted by molar-refractivity contribution is -0.136. The van der Waals surface area contributed by atoms with Crippen LogP contribution in [0.15, 0.2) is 11.8 Å². The maximum atomic E-state index is 10.5. The quantitative estimate of drug-likeness (QED) is 0.333. The molecule has 0 saturated heterocycles. The highest BCUT2D eigenvalue weighted by molar-refractivity contribution is 5.82. The van der Waals surface area contributed by atoms with E-state index in [0.29, 0.717) is 5.70 Å². The molecular weight excluding hydrogens is 130 g/mol. The Morgan fingerprint density at radius 2 is 2.50 bits per heavy atom. The number of allylic oxidation sites excluding steroid dienone is 1. The SMILES string of the molecule is C#CCOC(=O)C=C(C)N. The van der Waals surface area contributed by atoms with Crippen LogP contribution in [0.5, 0.6) is 0 Å². The molecule has 0 aromatic rings. The zero-order valence-electron chi connectivity index (χ0n) is 5.76. The summed E-state index contributed by atoms with van der Waals surface area (Å²) < 4.78 is 4.47. The van der Waals surface area contributed by atoms with Crippen molar-refractivity contribution in [2.45, 2.75) is 6.92 Å². The molecule has 0 aliphatic heterocycles. The van der Waals surface area contributed by atoms with Crippen LogP contribution in [0.3, 0.4) is 0 Å². The molecule has 0 aliphatic carbocycles. The van der Waals surface area contributed by atoms with E-state index in [0.717, 1.165) is 0 Å². The van der Waals surface area contributed by atoms with E-state index >= 15 is 0 Å². The molecule has 0 amide bonds. The van der Waals surface area contributed by atoms with E-state index in [9.17, 15) is 4.79 Å². The molecule has 0 rings (SSSR count). The summed E-state index contributed by atoms with van der Waals surface area (Å²) in [6.07, 6.45) is 6.01. The molecule has 3 heteroatoms. The third-order valence-corrected chi connectivity index (χ3v) is 0.643. The number of nitrogens with two attached hydrogens (primary N) is 1. The number of rotatable bonds is 2. The largest absolute Gasteiger partial charge is 0.449 e. The number of carbonyl (C=O) groups excluding carboxylic acids is 1. The van der Waals surface area contributed by atoms with Gasteiger partial charge in [0.25, 0.3) is 0 Å². The van der Waals surface area contributed by atoms with Crippen LogP contribution in [0.4, 0.5) is 0 Å². The second-order valence-corrected chi connectivity index (χ2v) is 1.70. The summed E-state index contributed by atoms with van der Waals surface area (Å²) in [6.45, 7) is 1.58. The van der Waals surface area contributed by atoms with Crippen molar-refractivity contribution < 1.29 is 9.53 Å². The van der Waals surface area contributed by atoms with Gasteiger partial charge < -0.3 is 10.5 Å². The Morgan fingerprint density at radius 3 is 2.90 bits per heavy atom. The summed E-state index contributed by atoms with van der Waals surface area (Å²) in [6, 6.07) is 0. The zero-order chi connectivity index (χ0) is 7.98. The first-order chi connectivity index (χ1) is 4.66. The predicted molar refractivity (Wildman–Crippen MR) is 37.7 cm³/mol. The van der Waals surface area contributed by atoms with Crippen LogP contribution in [0.2, 0.25) is 0 Å². The summed E-state index contributed by atoms with van der Waals surface area (Å²) in [5.41, 5.74) is 5.58. The number of carbonyl (C=O) groups is 1. The molecular formula is C7H9NO2. The highest BCUT2D eigenvalue weighted by Gasteiger charge is 1.93. The van der Waals surface area contributed by atoms with Gasteiger partial charge in [0.15, 0.2) is 6.61 Å². The molecule has 0 spiro atoms. The minimum Gasteiger partial charge on any atom is -0.449 e. The highest BCUT2D eigenvalue weighted by atomic mass is 16.5. The van der Waals surface area contributed by atoms with Crippen molar-refractivity contribution in [3.8, 4) is 12.3 Å². The average molecular weight is 139 g/mol. The molecule has 0 unspecified atom stereocenters. The van der Waals surface area contributed by atoms with Gasteiger partial charge in [0.2, 0.25) is 0 Å². The number of ether oxygens (including phenoxy) is 1. The lowest BCUT2D eigenvalue weighted by atomic mass is 10.4. The molecule has 3 nitrogen and oxygen atoms in total. The number of hydrogen-bond donors (Lipinski definition) is 1. The first-order valence-corrected chi connectivity index (χ1v) is 2.71. The molecule has 0 bridgehead atoms. The third kappa shape index (κ3) is 4.72. The molecule has 0 heterocycles. The normalized spacial score (nSPS) is 10.2. The molecule has 0 aliphatic rings. The highest BCUT2D eigenvalue weighted by Crippen LogP contribution is 1.83. The van der Waals surface area contributed by atoms with Crippen molar-refractivity contribution >= 4 is 5.97 Å². The van der Waals surface area contributed by atoms with Crippen LogP contribution in [-0.2, 0) is 9.53 Å². The summed E-state index contributed by atoms with van der Waals surface area (Å²) in [5.74, 6) is 1.66. The lowest BCUT2D eigenvalue weighted by Crippen LogP contribution is -2.03. The van der Waals surface area contributed by atoms with Crippen molar-refractivity contribution in [2.24, 2.45) is 5.73 Å². The van der Waals surface area contributed by atoms with Gasteiger partial charge >= 0.3 is 5.97 Å². The van der Waals surface area contributed by atoms with E-state index < -0.39 is 5.97 Å². The molecule has 0 saturated carbocycles. The maximum Gasteiger partial charge on any atom is 0.333 e. The van der Waals surface area contributed by atoms with E-state index in [4.69, 9.17) is 12.2 Å². The number of esters is 1. The zero-order valence-corrected chi connectivity index (χ0v) is 5.76. The van der Waals surface area contributed by atoms with Crippen LogP contribution < -0.4 is 5.73 Å². The van der Waals surface area contributed by atoms with Gasteiger partial charge in [-0.25, -0.2) is 4.79 Å².